The maximum Gasteiger partial charge on any atom is 0.320 e. The van der Waals surface area contributed by atoms with Gasteiger partial charge < -0.3 is 9.47 Å². The SMILES string of the molecule is CCCCOC(=O)CN1CCC[C@@H](C(=O)OCC)C1. The van der Waals surface area contributed by atoms with Gasteiger partial charge in [0.2, 0.25) is 0 Å². The molecule has 1 heterocycles. The lowest BCUT2D eigenvalue weighted by atomic mass is 9.98. The van der Waals surface area contributed by atoms with Gasteiger partial charge in [0, 0.05) is 6.54 Å². The number of unbranched alkanes of at least 4 members (excludes halogenated alkanes) is 1. The number of hydrogen-bond donors (Lipinski definition) is 0. The van der Waals surface area contributed by atoms with Gasteiger partial charge in [0.25, 0.3) is 0 Å². The highest BCUT2D eigenvalue weighted by Crippen LogP contribution is 2.17. The van der Waals surface area contributed by atoms with Crippen molar-refractivity contribution in [3.63, 3.8) is 0 Å². The Hall–Kier alpha value is -1.10. The summed E-state index contributed by atoms with van der Waals surface area (Å²) in [7, 11) is 0. The van der Waals surface area contributed by atoms with Crippen molar-refractivity contribution in [3.05, 3.63) is 0 Å². The number of nitrogens with zero attached hydrogens (tertiary/aromatic N) is 1. The molecule has 5 heteroatoms. The third-order valence-corrected chi connectivity index (χ3v) is 3.24. The van der Waals surface area contributed by atoms with Crippen molar-refractivity contribution in [3.8, 4) is 0 Å². The summed E-state index contributed by atoms with van der Waals surface area (Å²) in [6, 6.07) is 0. The first kappa shape index (κ1) is 16.0. The molecule has 19 heavy (non-hydrogen) atoms. The average molecular weight is 271 g/mol. The zero-order valence-corrected chi connectivity index (χ0v) is 12.0. The van der Waals surface area contributed by atoms with Crippen LogP contribution in [0.25, 0.3) is 0 Å². The van der Waals surface area contributed by atoms with E-state index in [0.29, 0.717) is 19.8 Å². The van der Waals surface area contributed by atoms with Gasteiger partial charge in [-0.3, -0.25) is 14.5 Å². The fraction of sp³-hybridized carbons (Fsp3) is 0.857. The van der Waals surface area contributed by atoms with E-state index in [2.05, 4.69) is 6.92 Å². The zero-order chi connectivity index (χ0) is 14.1. The average Bonchev–Trinajstić information content (AvgIpc) is 2.39. The monoisotopic (exact) mass is 271 g/mol. The summed E-state index contributed by atoms with van der Waals surface area (Å²) in [6.07, 6.45) is 3.69. The number of carbonyl (C=O) groups is 2. The van der Waals surface area contributed by atoms with Crippen LogP contribution in [0.4, 0.5) is 0 Å². The standard InChI is InChI=1S/C14H25NO4/c1-3-5-9-19-13(16)11-15-8-6-7-12(10-15)14(17)18-4-2/h12H,3-11H2,1-2H3/t12-/m1/s1. The van der Waals surface area contributed by atoms with Crippen LogP contribution in [-0.4, -0.2) is 49.7 Å². The molecule has 1 aliphatic heterocycles. The van der Waals surface area contributed by atoms with E-state index in [0.717, 1.165) is 32.2 Å². The highest BCUT2D eigenvalue weighted by atomic mass is 16.5. The van der Waals surface area contributed by atoms with Crippen molar-refractivity contribution in [2.75, 3.05) is 32.8 Å². The molecule has 0 spiro atoms. The predicted molar refractivity (Wildman–Crippen MR) is 71.7 cm³/mol. The van der Waals surface area contributed by atoms with Gasteiger partial charge in [-0.05, 0) is 32.7 Å². The quantitative estimate of drug-likeness (QED) is 0.520. The largest absolute Gasteiger partial charge is 0.466 e. The lowest BCUT2D eigenvalue weighted by Crippen LogP contribution is -2.42. The summed E-state index contributed by atoms with van der Waals surface area (Å²) < 4.78 is 10.2. The molecule has 1 rings (SSSR count). The number of esters is 2. The molecule has 0 bridgehead atoms. The van der Waals surface area contributed by atoms with Crippen molar-refractivity contribution in [2.24, 2.45) is 5.92 Å². The number of hydrogen-bond acceptors (Lipinski definition) is 5. The molecular formula is C14H25NO4. The van der Waals surface area contributed by atoms with Gasteiger partial charge in [0.05, 0.1) is 25.7 Å². The Kier molecular flexibility index (Phi) is 7.48. The molecule has 0 radical (unpaired) electrons. The Labute approximate surface area is 115 Å². The van der Waals surface area contributed by atoms with Crippen molar-refractivity contribution in [1.82, 2.24) is 4.90 Å². The molecule has 0 aromatic heterocycles. The molecule has 1 fully saturated rings. The number of piperidine rings is 1. The molecule has 0 aromatic carbocycles. The smallest absolute Gasteiger partial charge is 0.320 e. The fourth-order valence-electron chi connectivity index (χ4n) is 2.21. The van der Waals surface area contributed by atoms with Crippen LogP contribution in [0.1, 0.15) is 39.5 Å². The van der Waals surface area contributed by atoms with Gasteiger partial charge in [0.1, 0.15) is 0 Å². The van der Waals surface area contributed by atoms with E-state index in [1.807, 2.05) is 11.8 Å². The lowest BCUT2D eigenvalue weighted by Gasteiger charge is -2.30. The second kappa shape index (κ2) is 8.91. The highest BCUT2D eigenvalue weighted by molar-refractivity contribution is 5.74. The maximum atomic E-state index is 11.7. The third-order valence-electron chi connectivity index (χ3n) is 3.24. The van der Waals surface area contributed by atoms with Crippen LogP contribution in [0.15, 0.2) is 0 Å². The van der Waals surface area contributed by atoms with E-state index in [4.69, 9.17) is 9.47 Å². The van der Waals surface area contributed by atoms with Gasteiger partial charge in [-0.15, -0.1) is 0 Å². The first-order chi connectivity index (χ1) is 9.17. The van der Waals surface area contributed by atoms with E-state index in [1.54, 1.807) is 0 Å². The predicted octanol–water partition coefficient (Wildman–Crippen LogP) is 1.60. The second-order valence-electron chi connectivity index (χ2n) is 4.90. The Morgan fingerprint density at radius 2 is 2.05 bits per heavy atom. The van der Waals surface area contributed by atoms with E-state index in [-0.39, 0.29) is 24.4 Å². The Bertz CT molecular complexity index is 293. The van der Waals surface area contributed by atoms with Crippen LogP contribution < -0.4 is 0 Å². The van der Waals surface area contributed by atoms with Crippen LogP contribution in [0, 0.1) is 5.92 Å². The Morgan fingerprint density at radius 3 is 2.74 bits per heavy atom. The highest BCUT2D eigenvalue weighted by Gasteiger charge is 2.27. The van der Waals surface area contributed by atoms with Crippen LogP contribution in [-0.2, 0) is 19.1 Å². The third kappa shape index (κ3) is 6.05. The Balaban J connectivity index is 2.30. The minimum Gasteiger partial charge on any atom is -0.466 e. The molecule has 0 amide bonds. The van der Waals surface area contributed by atoms with E-state index >= 15 is 0 Å². The van der Waals surface area contributed by atoms with Crippen molar-refractivity contribution >= 4 is 11.9 Å². The van der Waals surface area contributed by atoms with E-state index < -0.39 is 0 Å². The molecule has 0 saturated carbocycles. The summed E-state index contributed by atoms with van der Waals surface area (Å²) in [5, 5.41) is 0. The number of carbonyl (C=O) groups excluding carboxylic acids is 2. The molecule has 0 aromatic rings. The number of rotatable bonds is 7. The van der Waals surface area contributed by atoms with Crippen LogP contribution in [0.2, 0.25) is 0 Å². The summed E-state index contributed by atoms with van der Waals surface area (Å²) in [5.74, 6) is -0.443. The van der Waals surface area contributed by atoms with Gasteiger partial charge in [-0.1, -0.05) is 13.3 Å². The normalized spacial score (nSPS) is 20.0. The summed E-state index contributed by atoms with van der Waals surface area (Å²) in [6.45, 7) is 6.49. The number of ether oxygens (including phenoxy) is 2. The van der Waals surface area contributed by atoms with Crippen LogP contribution in [0.3, 0.4) is 0 Å². The fourth-order valence-corrected chi connectivity index (χ4v) is 2.21. The van der Waals surface area contributed by atoms with E-state index in [1.165, 1.54) is 0 Å². The summed E-state index contributed by atoms with van der Waals surface area (Å²) in [4.78, 5) is 25.3. The molecular weight excluding hydrogens is 246 g/mol. The van der Waals surface area contributed by atoms with Gasteiger partial charge in [0.15, 0.2) is 0 Å². The molecule has 1 aliphatic rings. The molecule has 0 aliphatic carbocycles. The first-order valence-corrected chi connectivity index (χ1v) is 7.22. The van der Waals surface area contributed by atoms with Crippen molar-refractivity contribution in [1.29, 1.82) is 0 Å². The second-order valence-corrected chi connectivity index (χ2v) is 4.90. The van der Waals surface area contributed by atoms with Gasteiger partial charge >= 0.3 is 11.9 Å². The van der Waals surface area contributed by atoms with Crippen LogP contribution >= 0.6 is 0 Å². The number of likely N-dealkylation sites (tertiary alicyclic amines) is 1. The van der Waals surface area contributed by atoms with Gasteiger partial charge in [-0.2, -0.15) is 0 Å². The molecule has 5 nitrogen and oxygen atoms in total. The van der Waals surface area contributed by atoms with Crippen molar-refractivity contribution in [2.45, 2.75) is 39.5 Å². The van der Waals surface area contributed by atoms with Crippen molar-refractivity contribution < 1.29 is 19.1 Å². The van der Waals surface area contributed by atoms with Crippen LogP contribution in [0.5, 0.6) is 0 Å². The van der Waals surface area contributed by atoms with E-state index in [9.17, 15) is 9.59 Å². The van der Waals surface area contributed by atoms with Gasteiger partial charge in [-0.25, -0.2) is 0 Å². The lowest BCUT2D eigenvalue weighted by molar-refractivity contribution is -0.152. The minimum absolute atomic E-state index is 0.0999. The molecule has 110 valence electrons. The maximum absolute atomic E-state index is 11.7. The molecule has 1 saturated heterocycles. The topological polar surface area (TPSA) is 55.8 Å². The molecule has 1 atom stereocenters. The summed E-state index contributed by atoms with van der Waals surface area (Å²) >= 11 is 0. The summed E-state index contributed by atoms with van der Waals surface area (Å²) in [5.41, 5.74) is 0. The minimum atomic E-state index is -0.196. The zero-order valence-electron chi connectivity index (χ0n) is 12.0. The molecule has 0 unspecified atom stereocenters. The first-order valence-electron chi connectivity index (χ1n) is 7.22. The Morgan fingerprint density at radius 1 is 1.26 bits per heavy atom. The molecule has 0 N–H and O–H groups in total.